The normalized spacial score (nSPS) is 14.3. The minimum atomic E-state index is -0.688. The lowest BCUT2D eigenvalue weighted by Crippen LogP contribution is -2.26. The highest BCUT2D eigenvalue weighted by Gasteiger charge is 2.11. The average molecular weight is 206 g/mol. The van der Waals surface area contributed by atoms with Gasteiger partial charge < -0.3 is 15.9 Å². The van der Waals surface area contributed by atoms with E-state index in [4.69, 9.17) is 17.4 Å². The van der Waals surface area contributed by atoms with Gasteiger partial charge in [0.2, 0.25) is 0 Å². The largest absolute Gasteiger partial charge is 0.395 e. The van der Waals surface area contributed by atoms with Gasteiger partial charge in [0.15, 0.2) is 5.69 Å². The molecule has 0 saturated carbocycles. The van der Waals surface area contributed by atoms with Gasteiger partial charge in [0.1, 0.15) is 0 Å². The Kier molecular flexibility index (Phi) is 4.25. The topological polar surface area (TPSA) is 70.8 Å². The summed E-state index contributed by atoms with van der Waals surface area (Å²) >= 11 is 0. The number of hydrogen-bond acceptors (Lipinski definition) is 3. The van der Waals surface area contributed by atoms with Crippen LogP contribution in [0.1, 0.15) is 18.1 Å². The van der Waals surface area contributed by atoms with Crippen LogP contribution in [-0.2, 0) is 0 Å². The number of rotatable bonds is 4. The van der Waals surface area contributed by atoms with Crippen molar-refractivity contribution < 1.29 is 10.2 Å². The van der Waals surface area contributed by atoms with Crippen molar-refractivity contribution in [1.82, 2.24) is 0 Å². The lowest BCUT2D eigenvalue weighted by Gasteiger charge is -2.14. The molecule has 0 aromatic heterocycles. The van der Waals surface area contributed by atoms with E-state index in [9.17, 15) is 5.11 Å². The fourth-order valence-corrected chi connectivity index (χ4v) is 1.27. The second-order valence-corrected chi connectivity index (χ2v) is 3.40. The lowest BCUT2D eigenvalue weighted by atomic mass is 10.0. The summed E-state index contributed by atoms with van der Waals surface area (Å²) in [5.41, 5.74) is 6.76. The predicted octanol–water partition coefficient (Wildman–Crippen LogP) is 0.980. The third-order valence-corrected chi connectivity index (χ3v) is 2.17. The summed E-state index contributed by atoms with van der Waals surface area (Å²) in [6.45, 7) is 6.63. The zero-order valence-corrected chi connectivity index (χ0v) is 8.30. The molecule has 80 valence electrons. The molecule has 4 nitrogen and oxygen atoms in total. The molecule has 0 spiro atoms. The van der Waals surface area contributed by atoms with E-state index >= 15 is 0 Å². The Bertz CT molecular complexity index is 343. The Hall–Kier alpha value is -1.41. The highest BCUT2D eigenvalue weighted by Crippen LogP contribution is 2.20. The maximum atomic E-state index is 9.72. The maximum absolute atomic E-state index is 9.72. The van der Waals surface area contributed by atoms with Gasteiger partial charge in [0, 0.05) is 6.04 Å². The van der Waals surface area contributed by atoms with Gasteiger partial charge in [-0.05, 0) is 12.0 Å². The molecule has 15 heavy (non-hydrogen) atoms. The van der Waals surface area contributed by atoms with Gasteiger partial charge in [-0.2, -0.15) is 0 Å². The van der Waals surface area contributed by atoms with Crippen molar-refractivity contribution in [2.75, 3.05) is 6.61 Å². The molecule has 0 amide bonds. The first-order chi connectivity index (χ1) is 7.17. The minimum Gasteiger partial charge on any atom is -0.395 e. The molecule has 1 aromatic carbocycles. The number of nitrogens with zero attached hydrogens (tertiary/aromatic N) is 1. The van der Waals surface area contributed by atoms with Crippen LogP contribution in [0.3, 0.4) is 0 Å². The highest BCUT2D eigenvalue weighted by atomic mass is 16.3. The molecule has 0 bridgehead atoms. The zero-order chi connectivity index (χ0) is 11.3. The summed E-state index contributed by atoms with van der Waals surface area (Å²) in [5.74, 6) is 0. The van der Waals surface area contributed by atoms with Gasteiger partial charge >= 0.3 is 0 Å². The summed E-state index contributed by atoms with van der Waals surface area (Å²) in [6.07, 6.45) is -0.375. The lowest BCUT2D eigenvalue weighted by molar-refractivity contribution is 0.140. The van der Waals surface area contributed by atoms with Gasteiger partial charge in [0.05, 0.1) is 19.3 Å². The first-order valence-electron chi connectivity index (χ1n) is 4.69. The van der Waals surface area contributed by atoms with E-state index in [1.807, 2.05) is 0 Å². The van der Waals surface area contributed by atoms with Gasteiger partial charge in [-0.15, -0.1) is 0 Å². The Morgan fingerprint density at radius 1 is 1.33 bits per heavy atom. The Balaban J connectivity index is 2.66. The molecule has 0 heterocycles. The minimum absolute atomic E-state index is 0.142. The van der Waals surface area contributed by atoms with Crippen molar-refractivity contribution in [2.45, 2.75) is 18.6 Å². The fourth-order valence-electron chi connectivity index (χ4n) is 1.27. The summed E-state index contributed by atoms with van der Waals surface area (Å²) in [7, 11) is 0. The van der Waals surface area contributed by atoms with Gasteiger partial charge in [0.25, 0.3) is 0 Å². The number of aliphatic hydroxyl groups is 2. The standard InChI is InChI=1S/C11H14N2O2/c1-13-10-4-2-8(3-5-10)11(15)6-9(12)7-14/h2-5,9,11,14-15H,6-7,12H2/t9-,11-/m1/s1. The molecular weight excluding hydrogens is 192 g/mol. The van der Waals surface area contributed by atoms with Gasteiger partial charge in [-0.1, -0.05) is 24.3 Å². The first-order valence-corrected chi connectivity index (χ1v) is 4.69. The SMILES string of the molecule is [C-]#[N+]c1ccc([C@H](O)C[C@@H](N)CO)cc1. The van der Waals surface area contributed by atoms with Crippen molar-refractivity contribution in [3.05, 3.63) is 41.2 Å². The summed E-state index contributed by atoms with van der Waals surface area (Å²) in [6, 6.07) is 6.27. The Labute approximate surface area is 88.8 Å². The summed E-state index contributed by atoms with van der Waals surface area (Å²) in [4.78, 5) is 3.25. The van der Waals surface area contributed by atoms with Crippen LogP contribution in [-0.4, -0.2) is 22.9 Å². The highest BCUT2D eigenvalue weighted by molar-refractivity contribution is 5.45. The number of hydrogen-bond donors (Lipinski definition) is 3. The van der Waals surface area contributed by atoms with E-state index in [2.05, 4.69) is 4.85 Å². The molecule has 4 N–H and O–H groups in total. The first kappa shape index (κ1) is 11.7. The van der Waals surface area contributed by atoms with E-state index in [1.54, 1.807) is 24.3 Å². The molecule has 0 unspecified atom stereocenters. The molecule has 1 rings (SSSR count). The van der Waals surface area contributed by atoms with E-state index in [0.29, 0.717) is 17.7 Å². The van der Waals surface area contributed by atoms with Crippen molar-refractivity contribution in [3.63, 3.8) is 0 Å². The van der Waals surface area contributed by atoms with Crippen LogP contribution in [0.25, 0.3) is 4.85 Å². The molecule has 0 aliphatic rings. The smallest absolute Gasteiger partial charge is 0.187 e. The summed E-state index contributed by atoms with van der Waals surface area (Å²) in [5, 5.41) is 18.5. The van der Waals surface area contributed by atoms with Crippen LogP contribution in [0.15, 0.2) is 24.3 Å². The molecule has 0 aliphatic carbocycles. The van der Waals surface area contributed by atoms with Crippen molar-refractivity contribution in [1.29, 1.82) is 0 Å². The molecule has 0 radical (unpaired) electrons. The van der Waals surface area contributed by atoms with Crippen LogP contribution in [0.4, 0.5) is 5.69 Å². The van der Waals surface area contributed by atoms with Crippen LogP contribution < -0.4 is 5.73 Å². The second-order valence-electron chi connectivity index (χ2n) is 3.40. The number of benzene rings is 1. The molecule has 1 aromatic rings. The molecular formula is C11H14N2O2. The number of aliphatic hydroxyl groups excluding tert-OH is 2. The molecule has 4 heteroatoms. The van der Waals surface area contributed by atoms with E-state index < -0.39 is 12.1 Å². The third-order valence-electron chi connectivity index (χ3n) is 2.17. The molecule has 0 aliphatic heterocycles. The number of nitrogens with two attached hydrogens (primary N) is 1. The molecule has 0 saturated heterocycles. The van der Waals surface area contributed by atoms with Crippen LogP contribution in [0.2, 0.25) is 0 Å². The summed E-state index contributed by atoms with van der Waals surface area (Å²) < 4.78 is 0. The van der Waals surface area contributed by atoms with Crippen LogP contribution in [0, 0.1) is 6.57 Å². The quantitative estimate of drug-likeness (QED) is 0.643. The van der Waals surface area contributed by atoms with Crippen LogP contribution >= 0.6 is 0 Å². The third kappa shape index (κ3) is 3.33. The fraction of sp³-hybridized carbons (Fsp3) is 0.364. The maximum Gasteiger partial charge on any atom is 0.187 e. The van der Waals surface area contributed by atoms with E-state index in [0.717, 1.165) is 0 Å². The average Bonchev–Trinajstić information content (AvgIpc) is 2.29. The molecule has 0 fully saturated rings. The van der Waals surface area contributed by atoms with Crippen molar-refractivity contribution >= 4 is 5.69 Å². The Morgan fingerprint density at radius 3 is 2.40 bits per heavy atom. The van der Waals surface area contributed by atoms with Gasteiger partial charge in [-0.25, -0.2) is 4.85 Å². The molecule has 2 atom stereocenters. The van der Waals surface area contributed by atoms with E-state index in [1.165, 1.54) is 0 Å². The zero-order valence-electron chi connectivity index (χ0n) is 8.30. The monoisotopic (exact) mass is 206 g/mol. The Morgan fingerprint density at radius 2 is 1.93 bits per heavy atom. The van der Waals surface area contributed by atoms with Crippen LogP contribution in [0.5, 0.6) is 0 Å². The second kappa shape index (κ2) is 5.47. The van der Waals surface area contributed by atoms with Crippen molar-refractivity contribution in [2.24, 2.45) is 5.73 Å². The van der Waals surface area contributed by atoms with Gasteiger partial charge in [-0.3, -0.25) is 0 Å². The predicted molar refractivity (Wildman–Crippen MR) is 57.3 cm³/mol. The van der Waals surface area contributed by atoms with E-state index in [-0.39, 0.29) is 6.61 Å². The van der Waals surface area contributed by atoms with Crippen molar-refractivity contribution in [3.8, 4) is 0 Å².